The lowest BCUT2D eigenvalue weighted by molar-refractivity contribution is 0.268. The quantitative estimate of drug-likeness (QED) is 0.778. The molecule has 0 aromatic carbocycles. The summed E-state index contributed by atoms with van der Waals surface area (Å²) >= 11 is 0. The predicted octanol–water partition coefficient (Wildman–Crippen LogP) is 0.516. The SMILES string of the molecule is C[C@H](NCc1cn(CCO)nn1)c1ccncc1. The van der Waals surface area contributed by atoms with Crippen molar-refractivity contribution in [3.05, 3.63) is 42.0 Å². The normalized spacial score (nSPS) is 12.6. The summed E-state index contributed by atoms with van der Waals surface area (Å²) in [5.41, 5.74) is 2.05. The van der Waals surface area contributed by atoms with Crippen LogP contribution in [-0.4, -0.2) is 31.7 Å². The minimum atomic E-state index is 0.0731. The van der Waals surface area contributed by atoms with Gasteiger partial charge in [-0.1, -0.05) is 5.21 Å². The third kappa shape index (κ3) is 3.35. The largest absolute Gasteiger partial charge is 0.394 e. The standard InChI is InChI=1S/C12H17N5O/c1-10(11-2-4-13-5-3-11)14-8-12-9-17(6-7-18)16-15-12/h2-5,9-10,14,18H,6-8H2,1H3/t10-/m0/s1. The van der Waals surface area contributed by atoms with Crippen molar-refractivity contribution < 1.29 is 5.11 Å². The van der Waals surface area contributed by atoms with Gasteiger partial charge in [-0.3, -0.25) is 4.98 Å². The molecule has 0 radical (unpaired) electrons. The molecular formula is C12H17N5O. The molecule has 0 aliphatic rings. The molecule has 6 nitrogen and oxygen atoms in total. The third-order valence-corrected chi connectivity index (χ3v) is 2.71. The first kappa shape index (κ1) is 12.7. The molecule has 18 heavy (non-hydrogen) atoms. The molecule has 0 fully saturated rings. The Morgan fingerprint density at radius 3 is 2.89 bits per heavy atom. The fourth-order valence-corrected chi connectivity index (χ4v) is 1.66. The Kier molecular flexibility index (Phi) is 4.38. The smallest absolute Gasteiger partial charge is 0.0965 e. The van der Waals surface area contributed by atoms with Gasteiger partial charge >= 0.3 is 0 Å². The van der Waals surface area contributed by atoms with E-state index in [-0.39, 0.29) is 12.6 Å². The van der Waals surface area contributed by atoms with Crippen LogP contribution >= 0.6 is 0 Å². The highest BCUT2D eigenvalue weighted by atomic mass is 16.3. The fraction of sp³-hybridized carbons (Fsp3) is 0.417. The Bertz CT molecular complexity index is 470. The van der Waals surface area contributed by atoms with Gasteiger partial charge in [-0.2, -0.15) is 0 Å². The number of rotatable bonds is 6. The zero-order valence-corrected chi connectivity index (χ0v) is 10.3. The summed E-state index contributed by atoms with van der Waals surface area (Å²) in [6.07, 6.45) is 5.40. The lowest BCUT2D eigenvalue weighted by atomic mass is 10.1. The lowest BCUT2D eigenvalue weighted by Gasteiger charge is -2.12. The highest BCUT2D eigenvalue weighted by molar-refractivity contribution is 5.14. The van der Waals surface area contributed by atoms with E-state index < -0.39 is 0 Å². The van der Waals surface area contributed by atoms with E-state index in [1.165, 1.54) is 5.56 Å². The number of nitrogens with one attached hydrogen (secondary N) is 1. The van der Waals surface area contributed by atoms with Crippen molar-refractivity contribution in [1.82, 2.24) is 25.3 Å². The van der Waals surface area contributed by atoms with Crippen LogP contribution in [0.15, 0.2) is 30.7 Å². The van der Waals surface area contributed by atoms with Crippen LogP contribution in [0.4, 0.5) is 0 Å². The number of hydrogen-bond acceptors (Lipinski definition) is 5. The first-order valence-electron chi connectivity index (χ1n) is 5.93. The molecule has 1 atom stereocenters. The highest BCUT2D eigenvalue weighted by Gasteiger charge is 2.06. The van der Waals surface area contributed by atoms with E-state index in [0.29, 0.717) is 13.1 Å². The second kappa shape index (κ2) is 6.23. The van der Waals surface area contributed by atoms with Crippen molar-refractivity contribution in [3.8, 4) is 0 Å². The van der Waals surface area contributed by atoms with E-state index >= 15 is 0 Å². The van der Waals surface area contributed by atoms with E-state index in [0.717, 1.165) is 5.69 Å². The topological polar surface area (TPSA) is 75.9 Å². The monoisotopic (exact) mass is 247 g/mol. The Hall–Kier alpha value is -1.79. The van der Waals surface area contributed by atoms with Gasteiger partial charge in [0.15, 0.2) is 0 Å². The average molecular weight is 247 g/mol. The minimum Gasteiger partial charge on any atom is -0.394 e. The molecule has 2 rings (SSSR count). The molecular weight excluding hydrogens is 230 g/mol. The summed E-state index contributed by atoms with van der Waals surface area (Å²) in [6, 6.07) is 4.21. The zero-order chi connectivity index (χ0) is 12.8. The molecule has 0 unspecified atom stereocenters. The average Bonchev–Trinajstić information content (AvgIpc) is 2.85. The summed E-state index contributed by atoms with van der Waals surface area (Å²) in [7, 11) is 0. The zero-order valence-electron chi connectivity index (χ0n) is 10.3. The molecule has 0 saturated heterocycles. The molecule has 0 aliphatic heterocycles. The molecule has 2 heterocycles. The van der Waals surface area contributed by atoms with Gasteiger partial charge in [-0.05, 0) is 24.6 Å². The van der Waals surface area contributed by atoms with Crippen LogP contribution in [0, 0.1) is 0 Å². The summed E-state index contributed by atoms with van der Waals surface area (Å²) in [6.45, 7) is 3.29. The minimum absolute atomic E-state index is 0.0731. The number of hydrogen-bond donors (Lipinski definition) is 2. The highest BCUT2D eigenvalue weighted by Crippen LogP contribution is 2.10. The summed E-state index contributed by atoms with van der Waals surface area (Å²) < 4.78 is 1.63. The van der Waals surface area contributed by atoms with Crippen molar-refractivity contribution in [3.63, 3.8) is 0 Å². The number of pyridine rings is 1. The molecule has 0 amide bonds. The van der Waals surface area contributed by atoms with E-state index in [9.17, 15) is 0 Å². The molecule has 0 bridgehead atoms. The third-order valence-electron chi connectivity index (χ3n) is 2.71. The van der Waals surface area contributed by atoms with E-state index in [1.807, 2.05) is 18.3 Å². The Morgan fingerprint density at radius 2 is 2.17 bits per heavy atom. The second-order valence-electron chi connectivity index (χ2n) is 4.08. The number of aliphatic hydroxyl groups excluding tert-OH is 1. The van der Waals surface area contributed by atoms with Crippen molar-refractivity contribution in [2.24, 2.45) is 0 Å². The molecule has 6 heteroatoms. The van der Waals surface area contributed by atoms with Gasteiger partial charge in [-0.15, -0.1) is 5.10 Å². The summed E-state index contributed by atoms with van der Waals surface area (Å²) in [5, 5.41) is 20.1. The molecule has 0 aliphatic carbocycles. The van der Waals surface area contributed by atoms with Crippen molar-refractivity contribution in [2.45, 2.75) is 26.1 Å². The van der Waals surface area contributed by atoms with Crippen LogP contribution in [0.3, 0.4) is 0 Å². The van der Waals surface area contributed by atoms with Crippen LogP contribution in [0.1, 0.15) is 24.2 Å². The first-order valence-corrected chi connectivity index (χ1v) is 5.93. The molecule has 0 spiro atoms. The maximum absolute atomic E-state index is 8.79. The van der Waals surface area contributed by atoms with Gasteiger partial charge in [0.2, 0.25) is 0 Å². The maximum atomic E-state index is 8.79. The number of nitrogens with zero attached hydrogens (tertiary/aromatic N) is 4. The van der Waals surface area contributed by atoms with Crippen molar-refractivity contribution in [1.29, 1.82) is 0 Å². The van der Waals surface area contributed by atoms with Gasteiger partial charge in [0, 0.05) is 31.2 Å². The Labute approximate surface area is 106 Å². The molecule has 2 aromatic heterocycles. The van der Waals surface area contributed by atoms with Crippen LogP contribution in [0.2, 0.25) is 0 Å². The number of aromatic nitrogens is 4. The van der Waals surface area contributed by atoms with Gasteiger partial charge in [0.25, 0.3) is 0 Å². The van der Waals surface area contributed by atoms with Gasteiger partial charge in [0.05, 0.1) is 18.8 Å². The number of aliphatic hydroxyl groups is 1. The van der Waals surface area contributed by atoms with Crippen molar-refractivity contribution >= 4 is 0 Å². The van der Waals surface area contributed by atoms with E-state index in [1.54, 1.807) is 17.1 Å². The van der Waals surface area contributed by atoms with E-state index in [4.69, 9.17) is 5.11 Å². The Balaban J connectivity index is 1.87. The second-order valence-corrected chi connectivity index (χ2v) is 4.08. The first-order chi connectivity index (χ1) is 8.79. The van der Waals surface area contributed by atoms with Crippen LogP contribution < -0.4 is 5.32 Å². The molecule has 0 saturated carbocycles. The predicted molar refractivity (Wildman–Crippen MR) is 66.6 cm³/mol. The van der Waals surface area contributed by atoms with Crippen LogP contribution in [0.5, 0.6) is 0 Å². The summed E-state index contributed by atoms with van der Waals surface area (Å²) in [5.74, 6) is 0. The van der Waals surface area contributed by atoms with Crippen molar-refractivity contribution in [2.75, 3.05) is 6.61 Å². The molecule has 2 aromatic rings. The van der Waals surface area contributed by atoms with Crippen LogP contribution in [0.25, 0.3) is 0 Å². The van der Waals surface area contributed by atoms with E-state index in [2.05, 4.69) is 27.5 Å². The molecule has 2 N–H and O–H groups in total. The van der Waals surface area contributed by atoms with Crippen LogP contribution in [-0.2, 0) is 13.1 Å². The summed E-state index contributed by atoms with van der Waals surface area (Å²) in [4.78, 5) is 3.99. The lowest BCUT2D eigenvalue weighted by Crippen LogP contribution is -2.18. The van der Waals surface area contributed by atoms with Gasteiger partial charge in [0.1, 0.15) is 0 Å². The fourth-order valence-electron chi connectivity index (χ4n) is 1.66. The Morgan fingerprint density at radius 1 is 1.39 bits per heavy atom. The maximum Gasteiger partial charge on any atom is 0.0965 e. The van der Waals surface area contributed by atoms with Gasteiger partial charge in [-0.25, -0.2) is 4.68 Å². The van der Waals surface area contributed by atoms with Gasteiger partial charge < -0.3 is 10.4 Å². The molecule has 96 valence electrons.